The predicted octanol–water partition coefficient (Wildman–Crippen LogP) is 3.01. The van der Waals surface area contributed by atoms with Gasteiger partial charge in [-0.05, 0) is 37.4 Å². The lowest BCUT2D eigenvalue weighted by Crippen LogP contribution is -2.30. The fourth-order valence-corrected chi connectivity index (χ4v) is 4.47. The van der Waals surface area contributed by atoms with Crippen LogP contribution in [0.15, 0.2) is 17.0 Å². The van der Waals surface area contributed by atoms with Crippen molar-refractivity contribution >= 4 is 35.3 Å². The highest BCUT2D eigenvalue weighted by Gasteiger charge is 2.29. The maximum atomic E-state index is 9.94. The summed E-state index contributed by atoms with van der Waals surface area (Å²) in [4.78, 5) is 0. The molecule has 0 radical (unpaired) electrons. The Morgan fingerprint density at radius 2 is 2.44 bits per heavy atom. The van der Waals surface area contributed by atoms with Crippen LogP contribution in [0.5, 0.6) is 0 Å². The van der Waals surface area contributed by atoms with Gasteiger partial charge in [-0.1, -0.05) is 29.2 Å². The first-order valence-electron chi connectivity index (χ1n) is 5.22. The molecule has 3 atom stereocenters. The largest absolute Gasteiger partial charge is 0.392 e. The molecule has 1 heterocycles. The zero-order chi connectivity index (χ0) is 11.5. The number of hydrogen-bond donors (Lipinski definition) is 2. The molecular weight excluding hydrogens is 260 g/mol. The minimum Gasteiger partial charge on any atom is -0.392 e. The van der Waals surface area contributed by atoms with E-state index in [2.05, 4.69) is 16.8 Å². The standard InChI is InChI=1S/C10H14N2OS3/c1-2-6-3-4-7(13)8(5-6)15-10-12-11-9(14)16-10/h2,6-8,13H,1,3-5H2,(H,11,14). The Bertz CT molecular complexity index is 414. The van der Waals surface area contributed by atoms with Gasteiger partial charge in [-0.2, -0.15) is 5.10 Å². The van der Waals surface area contributed by atoms with Crippen LogP contribution in [0.25, 0.3) is 0 Å². The monoisotopic (exact) mass is 274 g/mol. The molecule has 0 aromatic carbocycles. The van der Waals surface area contributed by atoms with Crippen molar-refractivity contribution in [1.29, 1.82) is 0 Å². The third-order valence-electron chi connectivity index (χ3n) is 2.80. The predicted molar refractivity (Wildman–Crippen MR) is 70.5 cm³/mol. The van der Waals surface area contributed by atoms with Crippen LogP contribution < -0.4 is 0 Å². The van der Waals surface area contributed by atoms with Crippen LogP contribution in [0.1, 0.15) is 19.3 Å². The molecule has 1 aliphatic rings. The van der Waals surface area contributed by atoms with Crippen molar-refractivity contribution in [3.63, 3.8) is 0 Å². The van der Waals surface area contributed by atoms with Crippen LogP contribution in [0.2, 0.25) is 0 Å². The van der Waals surface area contributed by atoms with E-state index in [9.17, 15) is 5.11 Å². The van der Waals surface area contributed by atoms with Crippen molar-refractivity contribution in [3.05, 3.63) is 16.6 Å². The minimum atomic E-state index is -0.237. The van der Waals surface area contributed by atoms with Gasteiger partial charge in [0, 0.05) is 5.25 Å². The second kappa shape index (κ2) is 5.44. The van der Waals surface area contributed by atoms with Gasteiger partial charge >= 0.3 is 0 Å². The molecule has 2 rings (SSSR count). The Balaban J connectivity index is 2.01. The zero-order valence-corrected chi connectivity index (χ0v) is 11.2. The van der Waals surface area contributed by atoms with Crippen LogP contribution in [-0.4, -0.2) is 26.7 Å². The highest BCUT2D eigenvalue weighted by atomic mass is 32.2. The molecule has 16 heavy (non-hydrogen) atoms. The third-order valence-corrected chi connectivity index (χ3v) is 5.33. The van der Waals surface area contributed by atoms with Gasteiger partial charge in [0.05, 0.1) is 6.10 Å². The summed E-state index contributed by atoms with van der Waals surface area (Å²) in [6.07, 6.45) is 4.62. The number of aliphatic hydroxyl groups is 1. The Kier molecular flexibility index (Phi) is 4.18. The van der Waals surface area contributed by atoms with Crippen LogP contribution in [0.4, 0.5) is 0 Å². The Labute approximate surface area is 108 Å². The molecule has 0 bridgehead atoms. The van der Waals surface area contributed by atoms with Crippen molar-refractivity contribution < 1.29 is 5.11 Å². The number of aliphatic hydroxyl groups excluding tert-OH is 1. The van der Waals surface area contributed by atoms with E-state index in [0.29, 0.717) is 9.87 Å². The average Bonchev–Trinajstić information content (AvgIpc) is 2.67. The average molecular weight is 274 g/mol. The molecule has 0 saturated heterocycles. The number of aromatic nitrogens is 2. The summed E-state index contributed by atoms with van der Waals surface area (Å²) < 4.78 is 1.60. The van der Waals surface area contributed by atoms with Gasteiger partial charge in [0.25, 0.3) is 0 Å². The van der Waals surface area contributed by atoms with Crippen molar-refractivity contribution in [2.75, 3.05) is 0 Å². The van der Waals surface area contributed by atoms with E-state index in [4.69, 9.17) is 12.2 Å². The van der Waals surface area contributed by atoms with E-state index in [1.165, 1.54) is 11.3 Å². The lowest BCUT2D eigenvalue weighted by molar-refractivity contribution is 0.125. The number of thioether (sulfide) groups is 1. The molecule has 1 aromatic rings. The van der Waals surface area contributed by atoms with E-state index in [0.717, 1.165) is 23.6 Å². The first-order valence-corrected chi connectivity index (χ1v) is 7.32. The molecule has 3 nitrogen and oxygen atoms in total. The number of rotatable bonds is 3. The topological polar surface area (TPSA) is 48.9 Å². The smallest absolute Gasteiger partial charge is 0.177 e. The van der Waals surface area contributed by atoms with Gasteiger partial charge in [-0.25, -0.2) is 0 Å². The fourth-order valence-electron chi connectivity index (χ4n) is 1.88. The molecule has 88 valence electrons. The second-order valence-corrected chi connectivity index (χ2v) is 7.06. The van der Waals surface area contributed by atoms with Crippen LogP contribution in [0, 0.1) is 9.87 Å². The fraction of sp³-hybridized carbons (Fsp3) is 0.600. The molecule has 1 aromatic heterocycles. The molecule has 3 unspecified atom stereocenters. The minimum absolute atomic E-state index is 0.214. The van der Waals surface area contributed by atoms with Crippen molar-refractivity contribution in [2.24, 2.45) is 5.92 Å². The van der Waals surface area contributed by atoms with Gasteiger partial charge < -0.3 is 5.11 Å². The van der Waals surface area contributed by atoms with Crippen molar-refractivity contribution in [1.82, 2.24) is 10.2 Å². The lowest BCUT2D eigenvalue weighted by atomic mass is 9.87. The zero-order valence-electron chi connectivity index (χ0n) is 8.76. The summed E-state index contributed by atoms with van der Waals surface area (Å²) in [7, 11) is 0. The summed E-state index contributed by atoms with van der Waals surface area (Å²) in [5, 5.41) is 17.0. The Hall–Kier alpha value is -0.170. The van der Waals surface area contributed by atoms with Gasteiger partial charge in [-0.3, -0.25) is 5.10 Å². The molecule has 0 spiro atoms. The molecule has 6 heteroatoms. The van der Waals surface area contributed by atoms with Crippen molar-refractivity contribution in [2.45, 2.75) is 35.0 Å². The molecule has 1 aliphatic carbocycles. The Morgan fingerprint density at radius 1 is 1.62 bits per heavy atom. The lowest BCUT2D eigenvalue weighted by Gasteiger charge is -2.30. The van der Waals surface area contributed by atoms with E-state index < -0.39 is 0 Å². The first kappa shape index (κ1) is 12.3. The number of nitrogens with zero attached hydrogens (tertiary/aromatic N) is 1. The van der Waals surface area contributed by atoms with Gasteiger partial charge in [-0.15, -0.1) is 6.58 Å². The second-order valence-electron chi connectivity index (χ2n) is 3.91. The van der Waals surface area contributed by atoms with Gasteiger partial charge in [0.1, 0.15) is 0 Å². The molecular formula is C10H14N2OS3. The number of nitrogens with one attached hydrogen (secondary N) is 1. The van der Waals surface area contributed by atoms with Crippen LogP contribution in [0.3, 0.4) is 0 Å². The molecule has 0 aliphatic heterocycles. The third kappa shape index (κ3) is 2.94. The van der Waals surface area contributed by atoms with Crippen LogP contribution >= 0.6 is 35.3 Å². The molecule has 1 fully saturated rings. The first-order chi connectivity index (χ1) is 7.69. The normalized spacial score (nSPS) is 30.2. The molecule has 0 amide bonds. The number of aromatic amines is 1. The van der Waals surface area contributed by atoms with E-state index in [1.807, 2.05) is 6.08 Å². The Morgan fingerprint density at radius 3 is 3.06 bits per heavy atom. The SMILES string of the molecule is C=CC1CCC(O)C(Sc2n[nH]c(=S)s2)C1. The van der Waals surface area contributed by atoms with E-state index in [1.54, 1.807) is 11.8 Å². The molecule has 1 saturated carbocycles. The maximum absolute atomic E-state index is 9.94. The number of allylic oxidation sites excluding steroid dienone is 1. The summed E-state index contributed by atoms with van der Waals surface area (Å²) in [5.41, 5.74) is 0. The summed E-state index contributed by atoms with van der Waals surface area (Å²) in [6, 6.07) is 0. The number of H-pyrrole nitrogens is 1. The van der Waals surface area contributed by atoms with E-state index >= 15 is 0 Å². The van der Waals surface area contributed by atoms with Gasteiger partial charge in [0.15, 0.2) is 8.29 Å². The van der Waals surface area contributed by atoms with Crippen LogP contribution in [-0.2, 0) is 0 Å². The summed E-state index contributed by atoms with van der Waals surface area (Å²) in [6.45, 7) is 3.83. The van der Waals surface area contributed by atoms with Gasteiger partial charge in [0.2, 0.25) is 0 Å². The maximum Gasteiger partial charge on any atom is 0.177 e. The molecule has 2 N–H and O–H groups in total. The van der Waals surface area contributed by atoms with E-state index in [-0.39, 0.29) is 11.4 Å². The highest BCUT2D eigenvalue weighted by Crippen LogP contribution is 2.37. The quantitative estimate of drug-likeness (QED) is 0.657. The summed E-state index contributed by atoms with van der Waals surface area (Å²) in [5.74, 6) is 0.521. The van der Waals surface area contributed by atoms with Crippen molar-refractivity contribution in [3.8, 4) is 0 Å². The number of hydrogen-bond acceptors (Lipinski definition) is 5. The summed E-state index contributed by atoms with van der Waals surface area (Å²) >= 11 is 8.08. The highest BCUT2D eigenvalue weighted by molar-refractivity contribution is 8.01.